The molecule has 0 unspecified atom stereocenters. The third-order valence-corrected chi connectivity index (χ3v) is 5.57. The van der Waals surface area contributed by atoms with E-state index in [1.807, 2.05) is 35.7 Å². The van der Waals surface area contributed by atoms with E-state index < -0.39 is 0 Å². The summed E-state index contributed by atoms with van der Waals surface area (Å²) >= 11 is 0. The third-order valence-electron chi connectivity index (χ3n) is 5.57. The zero-order chi connectivity index (χ0) is 20.7. The van der Waals surface area contributed by atoms with Crippen LogP contribution < -0.4 is 5.32 Å². The van der Waals surface area contributed by atoms with Gasteiger partial charge in [0.25, 0.3) is 0 Å². The third kappa shape index (κ3) is 3.20. The van der Waals surface area contributed by atoms with Crippen LogP contribution in [0.2, 0.25) is 0 Å². The number of rotatable bonds is 5. The molecule has 0 amide bonds. The number of fused-ring (bicyclic) bond motifs is 3. The Morgan fingerprint density at radius 2 is 1.67 bits per heavy atom. The Labute approximate surface area is 175 Å². The van der Waals surface area contributed by atoms with Crippen molar-refractivity contribution < 1.29 is 0 Å². The largest absolute Gasteiger partial charge is 0.365 e. The van der Waals surface area contributed by atoms with Gasteiger partial charge in [0, 0.05) is 29.3 Å². The van der Waals surface area contributed by atoms with Crippen molar-refractivity contribution in [2.24, 2.45) is 0 Å². The number of hydrogen-bond acceptors (Lipinski definition) is 4. The van der Waals surface area contributed by atoms with E-state index >= 15 is 0 Å². The molecule has 0 aliphatic rings. The van der Waals surface area contributed by atoms with Gasteiger partial charge in [-0.1, -0.05) is 42.5 Å². The van der Waals surface area contributed by atoms with Gasteiger partial charge in [-0.3, -0.25) is 4.68 Å². The van der Waals surface area contributed by atoms with Crippen LogP contribution in [-0.2, 0) is 13.1 Å². The van der Waals surface area contributed by atoms with Gasteiger partial charge in [0.05, 0.1) is 23.4 Å². The summed E-state index contributed by atoms with van der Waals surface area (Å²) in [7, 11) is 0. The molecule has 2 aromatic carbocycles. The second-order valence-electron chi connectivity index (χ2n) is 7.68. The predicted octanol–water partition coefficient (Wildman–Crippen LogP) is 4.66. The van der Waals surface area contributed by atoms with E-state index in [1.54, 1.807) is 0 Å². The van der Waals surface area contributed by atoms with E-state index in [0.717, 1.165) is 40.3 Å². The van der Waals surface area contributed by atoms with Gasteiger partial charge in [0.2, 0.25) is 0 Å². The van der Waals surface area contributed by atoms with E-state index in [9.17, 15) is 0 Å². The molecular formula is C24H24N6. The Bertz CT molecular complexity index is 1350. The zero-order valence-corrected chi connectivity index (χ0v) is 17.4. The molecule has 30 heavy (non-hydrogen) atoms. The molecule has 0 saturated carbocycles. The first-order valence-corrected chi connectivity index (χ1v) is 10.2. The molecule has 6 heteroatoms. The summed E-state index contributed by atoms with van der Waals surface area (Å²) in [5, 5.41) is 14.0. The smallest absolute Gasteiger partial charge is 0.158 e. The topological polar surface area (TPSA) is 60.0 Å². The summed E-state index contributed by atoms with van der Waals surface area (Å²) < 4.78 is 3.99. The minimum Gasteiger partial charge on any atom is -0.365 e. The number of anilines is 1. The Morgan fingerprint density at radius 1 is 0.900 bits per heavy atom. The van der Waals surface area contributed by atoms with E-state index in [4.69, 9.17) is 10.1 Å². The van der Waals surface area contributed by atoms with E-state index in [2.05, 4.69) is 65.3 Å². The van der Waals surface area contributed by atoms with Gasteiger partial charge < -0.3 is 5.32 Å². The molecule has 0 spiro atoms. The Morgan fingerprint density at radius 3 is 2.50 bits per heavy atom. The highest BCUT2D eigenvalue weighted by atomic mass is 15.3. The molecule has 0 aliphatic carbocycles. The van der Waals surface area contributed by atoms with Crippen molar-refractivity contribution in [3.63, 3.8) is 0 Å². The Balaban J connectivity index is 1.47. The maximum absolute atomic E-state index is 4.84. The van der Waals surface area contributed by atoms with Crippen LogP contribution >= 0.6 is 0 Å². The summed E-state index contributed by atoms with van der Waals surface area (Å²) in [4.78, 5) is 4.84. The highest BCUT2D eigenvalue weighted by Gasteiger charge is 2.14. The van der Waals surface area contributed by atoms with Crippen molar-refractivity contribution in [1.82, 2.24) is 24.4 Å². The number of hydrogen-bond donors (Lipinski definition) is 1. The van der Waals surface area contributed by atoms with Crippen molar-refractivity contribution >= 4 is 22.4 Å². The monoisotopic (exact) mass is 396 g/mol. The summed E-state index contributed by atoms with van der Waals surface area (Å²) in [5.41, 5.74) is 7.53. The Kier molecular flexibility index (Phi) is 4.47. The van der Waals surface area contributed by atoms with Crippen LogP contribution in [0.5, 0.6) is 0 Å². The van der Waals surface area contributed by atoms with Crippen molar-refractivity contribution in [1.29, 1.82) is 0 Å². The average Bonchev–Trinajstić information content (AvgIpc) is 3.26. The van der Waals surface area contributed by atoms with Gasteiger partial charge >= 0.3 is 0 Å². The van der Waals surface area contributed by atoms with Gasteiger partial charge in [-0.2, -0.15) is 10.2 Å². The van der Waals surface area contributed by atoms with Crippen LogP contribution in [0.25, 0.3) is 16.6 Å². The summed E-state index contributed by atoms with van der Waals surface area (Å²) in [6, 6.07) is 20.7. The molecule has 3 heterocycles. The van der Waals surface area contributed by atoms with Gasteiger partial charge in [-0.25, -0.2) is 9.50 Å². The molecular weight excluding hydrogens is 372 g/mol. The molecule has 0 aliphatic heterocycles. The first kappa shape index (κ1) is 18.4. The quantitative estimate of drug-likeness (QED) is 0.469. The molecule has 150 valence electrons. The number of nitrogens with zero attached hydrogens (tertiary/aromatic N) is 5. The van der Waals surface area contributed by atoms with Crippen molar-refractivity contribution in [3.8, 4) is 0 Å². The maximum Gasteiger partial charge on any atom is 0.158 e. The summed E-state index contributed by atoms with van der Waals surface area (Å²) in [6.45, 7) is 7.64. The van der Waals surface area contributed by atoms with Crippen LogP contribution in [0.1, 0.15) is 28.2 Å². The molecule has 0 atom stereocenters. The fourth-order valence-electron chi connectivity index (χ4n) is 3.98. The molecule has 5 aromatic rings. The molecule has 5 rings (SSSR count). The predicted molar refractivity (Wildman–Crippen MR) is 120 cm³/mol. The lowest BCUT2D eigenvalue weighted by Gasteiger charge is -2.11. The second-order valence-corrected chi connectivity index (χ2v) is 7.68. The zero-order valence-electron chi connectivity index (χ0n) is 17.4. The first-order chi connectivity index (χ1) is 14.6. The number of nitrogens with one attached hydrogen (secondary N) is 1. The standard InChI is InChI=1S/C24H24N6/c1-16-13-23-26-24(20-11-7-8-12-22(20)30(23)27-16)25-14-21-17(2)28-29(18(21)3)15-19-9-5-4-6-10-19/h4-13H,14-15H2,1-3H3,(H,25,26). The highest BCUT2D eigenvalue weighted by Crippen LogP contribution is 2.25. The molecule has 3 aromatic heterocycles. The van der Waals surface area contributed by atoms with Crippen molar-refractivity contribution in [2.45, 2.75) is 33.9 Å². The minimum atomic E-state index is 0.673. The number of aromatic nitrogens is 5. The first-order valence-electron chi connectivity index (χ1n) is 10.2. The Hall–Kier alpha value is -3.67. The van der Waals surface area contributed by atoms with Crippen LogP contribution in [-0.4, -0.2) is 24.4 Å². The average molecular weight is 396 g/mol. The maximum atomic E-state index is 4.84. The van der Waals surface area contributed by atoms with Gasteiger partial charge in [0.1, 0.15) is 5.82 Å². The fourth-order valence-corrected chi connectivity index (χ4v) is 3.98. The van der Waals surface area contributed by atoms with Gasteiger partial charge in [0.15, 0.2) is 5.65 Å². The molecule has 1 N–H and O–H groups in total. The molecule has 0 bridgehead atoms. The lowest BCUT2D eigenvalue weighted by molar-refractivity contribution is 0.658. The number of para-hydroxylation sites is 1. The summed E-state index contributed by atoms with van der Waals surface area (Å²) in [6.07, 6.45) is 0. The van der Waals surface area contributed by atoms with Crippen LogP contribution in [0.4, 0.5) is 5.82 Å². The SMILES string of the molecule is Cc1cc2nc(NCc3c(C)nn(Cc4ccccc4)c3C)c3ccccc3n2n1. The van der Waals surface area contributed by atoms with E-state index in [0.29, 0.717) is 6.54 Å². The van der Waals surface area contributed by atoms with E-state index in [1.165, 1.54) is 16.8 Å². The highest BCUT2D eigenvalue weighted by molar-refractivity contribution is 5.91. The van der Waals surface area contributed by atoms with Crippen LogP contribution in [0, 0.1) is 20.8 Å². The van der Waals surface area contributed by atoms with Crippen molar-refractivity contribution in [2.75, 3.05) is 5.32 Å². The summed E-state index contributed by atoms with van der Waals surface area (Å²) in [5.74, 6) is 0.868. The van der Waals surface area contributed by atoms with Crippen LogP contribution in [0.15, 0.2) is 60.7 Å². The molecule has 6 nitrogen and oxygen atoms in total. The van der Waals surface area contributed by atoms with Crippen molar-refractivity contribution in [3.05, 3.63) is 88.9 Å². The second kappa shape index (κ2) is 7.30. The molecule has 0 saturated heterocycles. The normalized spacial score (nSPS) is 11.4. The lowest BCUT2D eigenvalue weighted by Crippen LogP contribution is -2.07. The number of benzene rings is 2. The van der Waals surface area contributed by atoms with Gasteiger partial charge in [-0.05, 0) is 38.5 Å². The lowest BCUT2D eigenvalue weighted by atomic mass is 10.1. The minimum absolute atomic E-state index is 0.673. The molecule has 0 radical (unpaired) electrons. The molecule has 0 fully saturated rings. The number of aryl methyl sites for hydroxylation is 2. The fraction of sp³-hybridized carbons (Fsp3) is 0.208. The van der Waals surface area contributed by atoms with Gasteiger partial charge in [-0.15, -0.1) is 0 Å². The van der Waals surface area contributed by atoms with Crippen LogP contribution in [0.3, 0.4) is 0 Å². The van der Waals surface area contributed by atoms with E-state index in [-0.39, 0.29) is 0 Å².